The molecule has 0 radical (unpaired) electrons. The van der Waals surface area contributed by atoms with Crippen LogP contribution >= 0.6 is 0 Å². The fraction of sp³-hybridized carbons (Fsp3) is 0.429. The molecule has 0 unspecified atom stereocenters. The Labute approximate surface area is 67.1 Å². The van der Waals surface area contributed by atoms with Crippen LogP contribution in [-0.4, -0.2) is 26.0 Å². The van der Waals surface area contributed by atoms with E-state index in [1.165, 1.54) is 0 Å². The number of nitrogens with zero attached hydrogens (tertiary/aromatic N) is 2. The Morgan fingerprint density at radius 1 is 1.45 bits per heavy atom. The lowest BCUT2D eigenvalue weighted by Gasteiger charge is -1.91. The largest absolute Gasteiger partial charge is 0.327 e. The van der Waals surface area contributed by atoms with E-state index in [4.69, 9.17) is 0 Å². The van der Waals surface area contributed by atoms with Crippen molar-refractivity contribution in [3.63, 3.8) is 0 Å². The Morgan fingerprint density at radius 2 is 2.18 bits per heavy atom. The van der Waals surface area contributed by atoms with Crippen molar-refractivity contribution in [1.82, 2.24) is 10.9 Å². The molecular weight excluding hydrogens is 140 g/mol. The smallest absolute Gasteiger partial charge is 0.0551 e. The highest BCUT2D eigenvalue weighted by Gasteiger charge is 1.76. The lowest BCUT2D eigenvalue weighted by Crippen LogP contribution is -2.20. The van der Waals surface area contributed by atoms with Crippen molar-refractivity contribution >= 4 is 11.9 Å². The zero-order valence-electron chi connectivity index (χ0n) is 7.13. The van der Waals surface area contributed by atoms with Gasteiger partial charge in [0.15, 0.2) is 0 Å². The molecule has 0 saturated heterocycles. The van der Waals surface area contributed by atoms with E-state index in [2.05, 4.69) is 20.8 Å². The first-order chi connectivity index (χ1) is 5.31. The van der Waals surface area contributed by atoms with Gasteiger partial charge in [-0.3, -0.25) is 9.98 Å². The van der Waals surface area contributed by atoms with Gasteiger partial charge in [0.25, 0.3) is 0 Å². The predicted octanol–water partition coefficient (Wildman–Crippen LogP) is 0.343. The number of rotatable bonds is 4. The molecule has 0 bridgehead atoms. The maximum Gasteiger partial charge on any atom is 0.0551 e. The van der Waals surface area contributed by atoms with Gasteiger partial charge in [0.1, 0.15) is 0 Å². The maximum atomic E-state index is 4.04. The van der Waals surface area contributed by atoms with E-state index in [0.29, 0.717) is 0 Å². The van der Waals surface area contributed by atoms with E-state index in [-0.39, 0.29) is 0 Å². The average molecular weight is 154 g/mol. The minimum absolute atomic E-state index is 0.877. The molecule has 0 spiro atoms. The summed E-state index contributed by atoms with van der Waals surface area (Å²) in [7, 11) is 3.50. The first-order valence-electron chi connectivity index (χ1n) is 3.35. The highest BCUT2D eigenvalue weighted by Crippen LogP contribution is 1.75. The number of hydrogen-bond donors (Lipinski definition) is 2. The first kappa shape index (κ1) is 9.84. The van der Waals surface area contributed by atoms with Crippen molar-refractivity contribution in [2.45, 2.75) is 6.92 Å². The summed E-state index contributed by atoms with van der Waals surface area (Å²) in [6.07, 6.45) is 5.06. The van der Waals surface area contributed by atoms with Gasteiger partial charge in [0.2, 0.25) is 0 Å². The topological polar surface area (TPSA) is 48.8 Å². The van der Waals surface area contributed by atoms with Crippen molar-refractivity contribution in [2.24, 2.45) is 9.98 Å². The standard InChI is InChI=1S/C7H14N4/c1-7(6-8-2)10-4-5-11-9-3/h4-6,9,11H,1-3H3/b5-4-,8-6-,10-7+. The van der Waals surface area contributed by atoms with Crippen LogP contribution in [0.15, 0.2) is 22.4 Å². The second-order valence-electron chi connectivity index (χ2n) is 1.87. The van der Waals surface area contributed by atoms with Crippen LogP contribution in [0.3, 0.4) is 0 Å². The Kier molecular flexibility index (Phi) is 6.22. The Hall–Kier alpha value is -1.16. The van der Waals surface area contributed by atoms with Gasteiger partial charge in [0.05, 0.1) is 5.71 Å². The van der Waals surface area contributed by atoms with E-state index in [1.807, 2.05) is 6.92 Å². The highest BCUT2D eigenvalue weighted by atomic mass is 15.3. The number of hydrogen-bond acceptors (Lipinski definition) is 4. The normalized spacial score (nSPS) is 13.2. The van der Waals surface area contributed by atoms with Crippen LogP contribution in [-0.2, 0) is 0 Å². The monoisotopic (exact) mass is 154 g/mol. The molecule has 11 heavy (non-hydrogen) atoms. The van der Waals surface area contributed by atoms with Crippen LogP contribution in [0.5, 0.6) is 0 Å². The number of aliphatic imine (C=N–C) groups is 2. The summed E-state index contributed by atoms with van der Waals surface area (Å²) < 4.78 is 0. The third-order valence-corrected chi connectivity index (χ3v) is 0.896. The third-order valence-electron chi connectivity index (χ3n) is 0.896. The zero-order chi connectivity index (χ0) is 8.53. The van der Waals surface area contributed by atoms with E-state index >= 15 is 0 Å². The minimum atomic E-state index is 0.877. The van der Waals surface area contributed by atoms with Crippen molar-refractivity contribution in [2.75, 3.05) is 14.1 Å². The molecule has 0 aromatic heterocycles. The van der Waals surface area contributed by atoms with E-state index in [0.717, 1.165) is 5.71 Å². The van der Waals surface area contributed by atoms with Crippen molar-refractivity contribution in [1.29, 1.82) is 0 Å². The SMILES string of the molecule is C\N=C/C(C)=N/C=C\NNC. The molecule has 0 fully saturated rings. The van der Waals surface area contributed by atoms with Gasteiger partial charge in [0, 0.05) is 32.7 Å². The Balaban J connectivity index is 3.71. The second kappa shape index (κ2) is 6.95. The summed E-state index contributed by atoms with van der Waals surface area (Å²) in [4.78, 5) is 7.84. The van der Waals surface area contributed by atoms with Crippen molar-refractivity contribution in [3.05, 3.63) is 12.4 Å². The zero-order valence-corrected chi connectivity index (χ0v) is 7.13. The second-order valence-corrected chi connectivity index (χ2v) is 1.87. The fourth-order valence-electron chi connectivity index (χ4n) is 0.496. The van der Waals surface area contributed by atoms with E-state index in [9.17, 15) is 0 Å². The van der Waals surface area contributed by atoms with Gasteiger partial charge in [-0.05, 0) is 6.92 Å². The average Bonchev–Trinajstić information content (AvgIpc) is 1.99. The number of nitrogens with one attached hydrogen (secondary N) is 2. The molecule has 0 rings (SSSR count). The van der Waals surface area contributed by atoms with Gasteiger partial charge in [-0.25, -0.2) is 5.43 Å². The lowest BCUT2D eigenvalue weighted by atomic mass is 10.5. The van der Waals surface area contributed by atoms with Crippen LogP contribution in [0, 0.1) is 0 Å². The molecule has 0 amide bonds. The van der Waals surface area contributed by atoms with Crippen LogP contribution in [0.1, 0.15) is 6.92 Å². The summed E-state index contributed by atoms with van der Waals surface area (Å²) in [6, 6.07) is 0. The molecule has 0 saturated carbocycles. The molecule has 0 aliphatic rings. The molecule has 2 N–H and O–H groups in total. The van der Waals surface area contributed by atoms with E-state index in [1.54, 1.807) is 32.7 Å². The molecule has 4 nitrogen and oxygen atoms in total. The van der Waals surface area contributed by atoms with Gasteiger partial charge < -0.3 is 5.43 Å². The molecule has 0 heterocycles. The Morgan fingerprint density at radius 3 is 2.73 bits per heavy atom. The van der Waals surface area contributed by atoms with Gasteiger partial charge >= 0.3 is 0 Å². The van der Waals surface area contributed by atoms with Crippen LogP contribution in [0.25, 0.3) is 0 Å². The van der Waals surface area contributed by atoms with Gasteiger partial charge in [-0.15, -0.1) is 0 Å². The van der Waals surface area contributed by atoms with Crippen LogP contribution < -0.4 is 10.9 Å². The van der Waals surface area contributed by atoms with Gasteiger partial charge in [-0.2, -0.15) is 0 Å². The predicted molar refractivity (Wildman–Crippen MR) is 48.9 cm³/mol. The molecule has 4 heteroatoms. The summed E-state index contributed by atoms with van der Waals surface area (Å²) in [5.41, 5.74) is 6.37. The highest BCUT2D eigenvalue weighted by molar-refractivity contribution is 6.29. The van der Waals surface area contributed by atoms with Gasteiger partial charge in [-0.1, -0.05) is 0 Å². The summed E-state index contributed by atoms with van der Waals surface area (Å²) in [5.74, 6) is 0. The van der Waals surface area contributed by atoms with Crippen molar-refractivity contribution < 1.29 is 0 Å². The van der Waals surface area contributed by atoms with Crippen LogP contribution in [0.2, 0.25) is 0 Å². The minimum Gasteiger partial charge on any atom is -0.327 e. The molecule has 0 aromatic rings. The lowest BCUT2D eigenvalue weighted by molar-refractivity contribution is 0.729. The summed E-state index contributed by atoms with van der Waals surface area (Å²) in [5, 5.41) is 0. The first-order valence-corrected chi connectivity index (χ1v) is 3.35. The van der Waals surface area contributed by atoms with Crippen molar-refractivity contribution in [3.8, 4) is 0 Å². The fourth-order valence-corrected chi connectivity index (χ4v) is 0.496. The third kappa shape index (κ3) is 6.73. The molecule has 62 valence electrons. The molecular formula is C7H14N4. The van der Waals surface area contributed by atoms with Crippen LogP contribution in [0.4, 0.5) is 0 Å². The quantitative estimate of drug-likeness (QED) is 0.453. The maximum absolute atomic E-state index is 4.04. The molecule has 0 aliphatic heterocycles. The molecule has 0 atom stereocenters. The molecule has 0 aliphatic carbocycles. The summed E-state index contributed by atoms with van der Waals surface area (Å²) >= 11 is 0. The molecule has 0 aromatic carbocycles. The Bertz CT molecular complexity index is 169. The van der Waals surface area contributed by atoms with E-state index < -0.39 is 0 Å². The summed E-state index contributed by atoms with van der Waals surface area (Å²) in [6.45, 7) is 1.89. The number of hydrazine groups is 1.